The fraction of sp³-hybridized carbons (Fsp3) is 0.294. The first-order valence-electron chi connectivity index (χ1n) is 7.21. The Kier molecular flexibility index (Phi) is 6.07. The molecular formula is C17H18ClFN2O2. The number of hydrogen-bond donors (Lipinski definition) is 2. The molecule has 23 heavy (non-hydrogen) atoms. The number of nitrogens with one attached hydrogen (secondary N) is 1. The lowest BCUT2D eigenvalue weighted by molar-refractivity contribution is -0.122. The predicted octanol–water partition coefficient (Wildman–Crippen LogP) is 2.86. The highest BCUT2D eigenvalue weighted by Gasteiger charge is 2.24. The molecule has 1 aromatic heterocycles. The second-order valence-electron chi connectivity index (χ2n) is 5.19. The van der Waals surface area contributed by atoms with E-state index in [1.54, 1.807) is 24.5 Å². The highest BCUT2D eigenvalue weighted by molar-refractivity contribution is 6.30. The van der Waals surface area contributed by atoms with Gasteiger partial charge in [-0.25, -0.2) is 4.39 Å². The second-order valence-corrected chi connectivity index (χ2v) is 5.85. The number of aliphatic hydroxyl groups excluding tert-OH is 1. The minimum absolute atomic E-state index is 0.514. The summed E-state index contributed by atoms with van der Waals surface area (Å²) >= 11 is 5.65. The van der Waals surface area contributed by atoms with E-state index in [0.29, 0.717) is 5.56 Å². The molecule has 0 aliphatic carbocycles. The molecule has 0 bridgehead atoms. The van der Waals surface area contributed by atoms with E-state index < -0.39 is 30.1 Å². The van der Waals surface area contributed by atoms with Crippen LogP contribution in [-0.2, 0) is 4.79 Å². The Bertz CT molecular complexity index is 635. The molecule has 0 spiro atoms. The van der Waals surface area contributed by atoms with Gasteiger partial charge in [0.05, 0.1) is 6.04 Å². The third-order valence-electron chi connectivity index (χ3n) is 3.48. The van der Waals surface area contributed by atoms with Crippen molar-refractivity contribution >= 4 is 17.5 Å². The van der Waals surface area contributed by atoms with E-state index in [4.69, 9.17) is 11.6 Å². The van der Waals surface area contributed by atoms with Gasteiger partial charge in [-0.05, 0) is 29.7 Å². The third-order valence-corrected chi connectivity index (χ3v) is 3.68. The maximum Gasteiger partial charge on any atom is 0.238 e. The number of aliphatic hydroxyl groups is 1. The van der Waals surface area contributed by atoms with Gasteiger partial charge < -0.3 is 10.4 Å². The van der Waals surface area contributed by atoms with Gasteiger partial charge in [-0.15, -0.1) is 11.6 Å². The van der Waals surface area contributed by atoms with Crippen LogP contribution in [-0.4, -0.2) is 34.1 Å². The van der Waals surface area contributed by atoms with E-state index in [1.807, 2.05) is 24.3 Å². The van der Waals surface area contributed by atoms with Crippen molar-refractivity contribution in [2.45, 2.75) is 24.4 Å². The van der Waals surface area contributed by atoms with E-state index in [1.165, 1.54) is 6.92 Å². The Morgan fingerprint density at radius 2 is 2.00 bits per heavy atom. The first-order valence-corrected chi connectivity index (χ1v) is 7.65. The van der Waals surface area contributed by atoms with Crippen LogP contribution in [0.3, 0.4) is 0 Å². The highest BCUT2D eigenvalue weighted by Crippen LogP contribution is 2.23. The van der Waals surface area contributed by atoms with E-state index in [9.17, 15) is 14.3 Å². The van der Waals surface area contributed by atoms with E-state index >= 15 is 0 Å². The Morgan fingerprint density at radius 3 is 2.52 bits per heavy atom. The fourth-order valence-corrected chi connectivity index (χ4v) is 2.20. The van der Waals surface area contributed by atoms with Crippen LogP contribution < -0.4 is 5.32 Å². The molecule has 6 heteroatoms. The summed E-state index contributed by atoms with van der Waals surface area (Å²) in [5, 5.41) is 11.9. The summed E-state index contributed by atoms with van der Waals surface area (Å²) in [5.41, 5.74) is 2.40. The molecule has 1 unspecified atom stereocenters. The molecule has 2 aromatic rings. The van der Waals surface area contributed by atoms with Crippen LogP contribution in [0.4, 0.5) is 4.39 Å². The number of aromatic nitrogens is 1. The number of hydrogen-bond acceptors (Lipinski definition) is 3. The maximum atomic E-state index is 13.1. The molecule has 0 saturated heterocycles. The molecule has 122 valence electrons. The molecule has 2 N–H and O–H groups in total. The van der Waals surface area contributed by atoms with E-state index in [-0.39, 0.29) is 0 Å². The first kappa shape index (κ1) is 17.4. The Labute approximate surface area is 139 Å². The van der Waals surface area contributed by atoms with Gasteiger partial charge in [0.15, 0.2) is 0 Å². The lowest BCUT2D eigenvalue weighted by atomic mass is 9.99. The number of alkyl halides is 2. The van der Waals surface area contributed by atoms with Crippen molar-refractivity contribution in [1.82, 2.24) is 10.3 Å². The van der Waals surface area contributed by atoms with Gasteiger partial charge in [-0.1, -0.05) is 30.3 Å². The van der Waals surface area contributed by atoms with Gasteiger partial charge in [0.25, 0.3) is 0 Å². The molecule has 2 rings (SSSR count). The van der Waals surface area contributed by atoms with Gasteiger partial charge in [-0.3, -0.25) is 9.78 Å². The number of benzene rings is 1. The largest absolute Gasteiger partial charge is 0.386 e. The van der Waals surface area contributed by atoms with E-state index in [0.717, 1.165) is 11.1 Å². The molecule has 4 nitrogen and oxygen atoms in total. The molecule has 3 atom stereocenters. The third kappa shape index (κ3) is 4.50. The average molecular weight is 337 g/mol. The molecule has 0 saturated carbocycles. The number of halogens is 2. The van der Waals surface area contributed by atoms with Crippen molar-refractivity contribution < 1.29 is 14.3 Å². The summed E-state index contributed by atoms with van der Waals surface area (Å²) in [6.45, 7) is 0.599. The summed E-state index contributed by atoms with van der Waals surface area (Å²) in [4.78, 5) is 15.6. The minimum atomic E-state index is -1.15. The van der Waals surface area contributed by atoms with Crippen molar-refractivity contribution in [2.24, 2.45) is 0 Å². The lowest BCUT2D eigenvalue weighted by Gasteiger charge is -2.22. The molecule has 1 aromatic carbocycles. The summed E-state index contributed by atoms with van der Waals surface area (Å²) in [6, 6.07) is 9.75. The monoisotopic (exact) mass is 336 g/mol. The molecule has 0 aliphatic rings. The van der Waals surface area contributed by atoms with Gasteiger partial charge >= 0.3 is 0 Å². The zero-order valence-electron chi connectivity index (χ0n) is 12.6. The van der Waals surface area contributed by atoms with Crippen LogP contribution >= 0.6 is 11.6 Å². The number of nitrogens with zero attached hydrogens (tertiary/aromatic N) is 1. The van der Waals surface area contributed by atoms with Gasteiger partial charge in [0.2, 0.25) is 5.91 Å². The van der Waals surface area contributed by atoms with Crippen LogP contribution in [0, 0.1) is 0 Å². The number of rotatable bonds is 6. The second kappa shape index (κ2) is 8.04. The molecular weight excluding hydrogens is 319 g/mol. The Morgan fingerprint density at radius 1 is 1.30 bits per heavy atom. The topological polar surface area (TPSA) is 62.2 Å². The summed E-state index contributed by atoms with van der Waals surface area (Å²) in [6.07, 6.45) is 2.27. The average Bonchev–Trinajstić information content (AvgIpc) is 2.59. The molecule has 0 fully saturated rings. The Hall–Kier alpha value is -1.98. The standard InChI is InChI=1S/C17H18ClFN2O2/c1-11(18)17(23)21-15(9-19)16(22)13-6-4-12(5-7-13)14-3-2-8-20-10-14/h2-8,10-11,15-16,22H,9H2,1H3,(H,21,23)/t11?,15-,16-/m1/s1. The lowest BCUT2D eigenvalue weighted by Crippen LogP contribution is -2.43. The fourth-order valence-electron chi connectivity index (χ4n) is 2.14. The molecule has 0 radical (unpaired) electrons. The van der Waals surface area contributed by atoms with Crippen molar-refractivity contribution in [1.29, 1.82) is 0 Å². The van der Waals surface area contributed by atoms with Crippen molar-refractivity contribution in [2.75, 3.05) is 6.67 Å². The summed E-state index contributed by atoms with van der Waals surface area (Å²) < 4.78 is 13.1. The van der Waals surface area contributed by atoms with Crippen molar-refractivity contribution in [3.8, 4) is 11.1 Å². The quantitative estimate of drug-likeness (QED) is 0.797. The smallest absolute Gasteiger partial charge is 0.238 e. The van der Waals surface area contributed by atoms with Crippen molar-refractivity contribution in [3.63, 3.8) is 0 Å². The summed E-state index contributed by atoms with van der Waals surface area (Å²) in [7, 11) is 0. The van der Waals surface area contributed by atoms with Crippen LogP contribution in [0.1, 0.15) is 18.6 Å². The minimum Gasteiger partial charge on any atom is -0.386 e. The van der Waals surface area contributed by atoms with Gasteiger partial charge in [-0.2, -0.15) is 0 Å². The summed E-state index contributed by atoms with van der Waals surface area (Å²) in [5.74, 6) is -0.514. The van der Waals surface area contributed by atoms with Crippen molar-refractivity contribution in [3.05, 3.63) is 54.4 Å². The molecule has 1 amide bonds. The SMILES string of the molecule is CC(Cl)C(=O)N[C@H](CF)[C@H](O)c1ccc(-c2cccnc2)cc1. The number of carbonyl (C=O) groups is 1. The van der Waals surface area contributed by atoms with E-state index in [2.05, 4.69) is 10.3 Å². The van der Waals surface area contributed by atoms with Crippen LogP contribution in [0.2, 0.25) is 0 Å². The molecule has 0 aliphatic heterocycles. The normalized spacial score (nSPS) is 14.8. The zero-order valence-corrected chi connectivity index (χ0v) is 13.4. The maximum absolute atomic E-state index is 13.1. The Balaban J connectivity index is 2.12. The first-order chi connectivity index (χ1) is 11.0. The zero-order chi connectivity index (χ0) is 16.8. The van der Waals surface area contributed by atoms with Crippen LogP contribution in [0.5, 0.6) is 0 Å². The number of pyridine rings is 1. The van der Waals surface area contributed by atoms with Crippen LogP contribution in [0.25, 0.3) is 11.1 Å². The van der Waals surface area contributed by atoms with Crippen LogP contribution in [0.15, 0.2) is 48.8 Å². The predicted molar refractivity (Wildman–Crippen MR) is 87.9 cm³/mol. The van der Waals surface area contributed by atoms with Gasteiger partial charge in [0.1, 0.15) is 18.2 Å². The van der Waals surface area contributed by atoms with Gasteiger partial charge in [0, 0.05) is 12.4 Å². The molecule has 1 heterocycles. The highest BCUT2D eigenvalue weighted by atomic mass is 35.5. The number of amides is 1. The number of carbonyl (C=O) groups excluding carboxylic acids is 1.